The predicted molar refractivity (Wildman–Crippen MR) is 198 cm³/mol. The summed E-state index contributed by atoms with van der Waals surface area (Å²) in [5.41, 5.74) is 1.38. The third-order valence-electron chi connectivity index (χ3n) is 11.0. The van der Waals surface area contributed by atoms with E-state index < -0.39 is 47.6 Å². The fraction of sp³-hybridized carbons (Fsp3) is 0.585. The minimum absolute atomic E-state index is 0.103. The molecule has 0 spiro atoms. The highest BCUT2D eigenvalue weighted by molar-refractivity contribution is 5.95. The van der Waals surface area contributed by atoms with E-state index in [-0.39, 0.29) is 57.7 Å². The molecule has 13 heteroatoms. The molecular formula is C41H55N3O10. The Kier molecular flexibility index (Phi) is 13.4. The summed E-state index contributed by atoms with van der Waals surface area (Å²) < 4.78 is 25.4. The molecule has 2 bridgehead atoms. The molecule has 3 saturated heterocycles. The van der Waals surface area contributed by atoms with Crippen molar-refractivity contribution >= 4 is 23.9 Å². The molecule has 6 atom stereocenters. The Morgan fingerprint density at radius 2 is 1.72 bits per heavy atom. The molecule has 6 unspecified atom stereocenters. The van der Waals surface area contributed by atoms with Gasteiger partial charge in [0.1, 0.15) is 36.4 Å². The van der Waals surface area contributed by atoms with Crippen molar-refractivity contribution in [3.05, 3.63) is 77.0 Å². The van der Waals surface area contributed by atoms with E-state index >= 15 is 0 Å². The van der Waals surface area contributed by atoms with Crippen LogP contribution in [-0.4, -0.2) is 95.7 Å². The SMILES string of the molecule is CCCCCC1(CCCCC)OC2C3CC4(C(=O)NCc5cccc(C(=O)NCCO)c5)C(ON(Cc5ccccc5C=COCCO)C4C(=O)O3)C2O1. The lowest BCUT2D eigenvalue weighted by molar-refractivity contribution is -0.224. The van der Waals surface area contributed by atoms with Gasteiger partial charge in [0.05, 0.1) is 26.0 Å². The predicted octanol–water partition coefficient (Wildman–Crippen LogP) is 4.15. The Morgan fingerprint density at radius 3 is 2.46 bits per heavy atom. The zero-order valence-electron chi connectivity index (χ0n) is 31.4. The van der Waals surface area contributed by atoms with Gasteiger partial charge in [-0.25, -0.2) is 0 Å². The number of fused-ring (bicyclic) bond motifs is 4. The van der Waals surface area contributed by atoms with Gasteiger partial charge >= 0.3 is 5.97 Å². The van der Waals surface area contributed by atoms with Crippen LogP contribution in [0.3, 0.4) is 0 Å². The van der Waals surface area contributed by atoms with Crippen LogP contribution in [0.4, 0.5) is 0 Å². The van der Waals surface area contributed by atoms with Crippen molar-refractivity contribution in [1.29, 1.82) is 0 Å². The molecule has 2 aromatic rings. The number of ether oxygens (including phenoxy) is 4. The van der Waals surface area contributed by atoms with Gasteiger partial charge in [-0.15, -0.1) is 0 Å². The normalized spacial score (nSPS) is 26.7. The van der Waals surface area contributed by atoms with E-state index in [4.69, 9.17) is 34.0 Å². The van der Waals surface area contributed by atoms with Crippen LogP contribution in [0.15, 0.2) is 54.8 Å². The zero-order valence-corrected chi connectivity index (χ0v) is 31.4. The molecule has 54 heavy (non-hydrogen) atoms. The minimum atomic E-state index is -1.36. The highest BCUT2D eigenvalue weighted by Crippen LogP contribution is 2.58. The average Bonchev–Trinajstić information content (AvgIpc) is 3.74. The third kappa shape index (κ3) is 8.36. The summed E-state index contributed by atoms with van der Waals surface area (Å²) in [7, 11) is 0. The standard InChI is InChI=1S/C41H55N3O10/c1-3-5-9-17-40(18-10-6-4-2)52-33-32-25-41(39(49)43-26-28-12-11-15-30(24-28)37(47)42-19-20-45)35(38(48)51-32)44(54-36(41)34(33)53-40)27-31-14-8-7-13-29(31)16-22-50-23-21-46/h7-8,11-16,22,24,32-36,45-46H,3-6,9-10,17-21,23,25-27H2,1-2H3,(H,42,47)(H,43,49). The molecule has 1 aliphatic carbocycles. The van der Waals surface area contributed by atoms with E-state index in [0.717, 1.165) is 49.7 Å². The molecule has 3 aliphatic heterocycles. The number of hydrogen-bond donors (Lipinski definition) is 4. The molecule has 4 N–H and O–H groups in total. The zero-order chi connectivity index (χ0) is 38.1. The molecule has 2 amide bonds. The molecule has 3 heterocycles. The Balaban J connectivity index is 1.32. The van der Waals surface area contributed by atoms with E-state index in [0.29, 0.717) is 24.0 Å². The number of carbonyl (C=O) groups excluding carboxylic acids is 3. The molecule has 2 aromatic carbocycles. The Hall–Kier alpha value is -3.85. The van der Waals surface area contributed by atoms with Crippen LogP contribution in [-0.2, 0) is 46.5 Å². The second-order valence-corrected chi connectivity index (χ2v) is 14.7. The molecule has 6 rings (SSSR count). The monoisotopic (exact) mass is 749 g/mol. The number of aliphatic hydroxyl groups is 2. The van der Waals surface area contributed by atoms with Gasteiger partial charge in [-0.1, -0.05) is 75.9 Å². The van der Waals surface area contributed by atoms with Crippen molar-refractivity contribution in [2.45, 2.75) is 121 Å². The summed E-state index contributed by atoms with van der Waals surface area (Å²) in [6.45, 7) is 4.58. The van der Waals surface area contributed by atoms with Crippen molar-refractivity contribution in [3.8, 4) is 0 Å². The van der Waals surface area contributed by atoms with E-state index in [9.17, 15) is 14.4 Å². The van der Waals surface area contributed by atoms with Gasteiger partial charge in [0.25, 0.3) is 5.91 Å². The van der Waals surface area contributed by atoms with Crippen molar-refractivity contribution in [3.63, 3.8) is 0 Å². The molecule has 4 aliphatic rings. The number of carbonyl (C=O) groups is 3. The smallest absolute Gasteiger partial charge is 0.327 e. The van der Waals surface area contributed by atoms with Gasteiger partial charge in [-0.3, -0.25) is 19.2 Å². The first-order chi connectivity index (χ1) is 26.3. The van der Waals surface area contributed by atoms with Gasteiger partial charge in [-0.05, 0) is 47.7 Å². The largest absolute Gasteiger partial charge is 0.499 e. The lowest BCUT2D eigenvalue weighted by Crippen LogP contribution is -2.69. The van der Waals surface area contributed by atoms with E-state index in [1.54, 1.807) is 29.3 Å². The van der Waals surface area contributed by atoms with Gasteiger partial charge in [-0.2, -0.15) is 5.06 Å². The summed E-state index contributed by atoms with van der Waals surface area (Å²) in [4.78, 5) is 48.4. The maximum Gasteiger partial charge on any atom is 0.327 e. The second kappa shape index (κ2) is 18.2. The van der Waals surface area contributed by atoms with Crippen LogP contribution >= 0.6 is 0 Å². The number of esters is 1. The number of hydrogen-bond acceptors (Lipinski definition) is 11. The highest BCUT2D eigenvalue weighted by atomic mass is 16.8. The fourth-order valence-corrected chi connectivity index (χ4v) is 8.39. The summed E-state index contributed by atoms with van der Waals surface area (Å²) in [5, 5.41) is 25.6. The Labute approximate surface area is 317 Å². The number of amides is 2. The van der Waals surface area contributed by atoms with Crippen LogP contribution in [0.2, 0.25) is 0 Å². The number of nitrogens with zero attached hydrogens (tertiary/aromatic N) is 1. The summed E-state index contributed by atoms with van der Waals surface area (Å²) in [5.74, 6) is -2.12. The second-order valence-electron chi connectivity index (χ2n) is 14.7. The first kappa shape index (κ1) is 39.8. The lowest BCUT2D eigenvalue weighted by Gasteiger charge is -2.48. The molecule has 4 fully saturated rings. The van der Waals surface area contributed by atoms with Crippen molar-refractivity contribution < 1.29 is 48.4 Å². The van der Waals surface area contributed by atoms with Gasteiger partial charge in [0.2, 0.25) is 5.91 Å². The maximum absolute atomic E-state index is 14.8. The number of benzene rings is 2. The lowest BCUT2D eigenvalue weighted by atomic mass is 9.62. The van der Waals surface area contributed by atoms with Crippen molar-refractivity contribution in [1.82, 2.24) is 15.7 Å². The van der Waals surface area contributed by atoms with Gasteiger partial charge in [0, 0.05) is 37.9 Å². The summed E-state index contributed by atoms with van der Waals surface area (Å²) in [6, 6.07) is 13.5. The minimum Gasteiger partial charge on any atom is -0.499 e. The van der Waals surface area contributed by atoms with Crippen molar-refractivity contribution in [2.24, 2.45) is 5.41 Å². The van der Waals surface area contributed by atoms with Crippen LogP contribution in [0, 0.1) is 5.41 Å². The topological polar surface area (TPSA) is 165 Å². The first-order valence-electron chi connectivity index (χ1n) is 19.5. The van der Waals surface area contributed by atoms with Crippen molar-refractivity contribution in [2.75, 3.05) is 26.4 Å². The fourth-order valence-electron chi connectivity index (χ4n) is 8.39. The molecule has 0 aromatic heterocycles. The number of aliphatic hydroxyl groups excluding tert-OH is 2. The number of nitrogens with one attached hydrogen (secondary N) is 2. The Morgan fingerprint density at radius 1 is 0.963 bits per heavy atom. The summed E-state index contributed by atoms with van der Waals surface area (Å²) in [6.07, 6.45) is 8.05. The van der Waals surface area contributed by atoms with Crippen LogP contribution in [0.25, 0.3) is 6.08 Å². The van der Waals surface area contributed by atoms with Gasteiger partial charge < -0.3 is 39.8 Å². The highest BCUT2D eigenvalue weighted by Gasteiger charge is 2.76. The maximum atomic E-state index is 14.8. The molecule has 0 radical (unpaired) electrons. The molecule has 13 nitrogen and oxygen atoms in total. The first-order valence-corrected chi connectivity index (χ1v) is 19.5. The van der Waals surface area contributed by atoms with Crippen LogP contribution in [0.1, 0.15) is 98.7 Å². The van der Waals surface area contributed by atoms with E-state index in [1.165, 1.54) is 6.26 Å². The molecule has 294 valence electrons. The van der Waals surface area contributed by atoms with E-state index in [2.05, 4.69) is 24.5 Å². The molecular weight excluding hydrogens is 694 g/mol. The molecule has 1 saturated carbocycles. The van der Waals surface area contributed by atoms with E-state index in [1.807, 2.05) is 30.3 Å². The number of hydroxylamine groups is 2. The third-order valence-corrected chi connectivity index (χ3v) is 11.0. The summed E-state index contributed by atoms with van der Waals surface area (Å²) >= 11 is 0. The quantitative estimate of drug-likeness (QED) is 0.0874. The average molecular weight is 750 g/mol. The number of rotatable bonds is 20. The van der Waals surface area contributed by atoms with Gasteiger partial charge in [0.15, 0.2) is 11.8 Å². The number of unbranched alkanes of at least 4 members (excludes halogenated alkanes) is 4. The Bertz CT molecular complexity index is 1630. The van der Waals surface area contributed by atoms with Crippen LogP contribution in [0.5, 0.6) is 0 Å². The van der Waals surface area contributed by atoms with Crippen LogP contribution < -0.4 is 10.6 Å².